The Morgan fingerprint density at radius 1 is 1.47 bits per heavy atom. The van der Waals surface area contributed by atoms with Crippen LogP contribution in [0.5, 0.6) is 0 Å². The molecule has 15 heavy (non-hydrogen) atoms. The largest absolute Gasteiger partial charge is 0.338 e. The second-order valence-corrected chi connectivity index (χ2v) is 3.29. The molecule has 0 atom stereocenters. The van der Waals surface area contributed by atoms with Crippen LogP contribution in [-0.4, -0.2) is 10.1 Å². The number of aromatic nitrogens is 2. The zero-order valence-electron chi connectivity index (χ0n) is 7.64. The highest BCUT2D eigenvalue weighted by molar-refractivity contribution is 6.30. The predicted molar refractivity (Wildman–Crippen MR) is 54.1 cm³/mol. The average Bonchev–Trinajstić information content (AvgIpc) is 2.67. The Morgan fingerprint density at radius 2 is 2.33 bits per heavy atom. The van der Waals surface area contributed by atoms with Crippen molar-refractivity contribution < 1.29 is 4.52 Å². The summed E-state index contributed by atoms with van der Waals surface area (Å²) in [7, 11) is 0. The van der Waals surface area contributed by atoms with E-state index in [1.54, 1.807) is 18.2 Å². The lowest BCUT2D eigenvalue weighted by Crippen LogP contribution is -1.82. The molecule has 1 aromatic heterocycles. The quantitative estimate of drug-likeness (QED) is 0.778. The monoisotopic (exact) mass is 219 g/mol. The van der Waals surface area contributed by atoms with Gasteiger partial charge in [-0.1, -0.05) is 28.9 Å². The Kier molecular flexibility index (Phi) is 2.66. The molecule has 0 unspecified atom stereocenters. The smallest absolute Gasteiger partial charge is 0.241 e. The summed E-state index contributed by atoms with van der Waals surface area (Å²) in [6.07, 6.45) is 0.119. The third-order valence-corrected chi connectivity index (χ3v) is 2.02. The molecular formula is C10H6ClN3O. The molecule has 2 rings (SSSR count). The molecule has 1 aromatic carbocycles. The van der Waals surface area contributed by atoms with E-state index in [2.05, 4.69) is 10.1 Å². The Bertz CT molecular complexity index is 515. The molecule has 1 heterocycles. The van der Waals surface area contributed by atoms with Crippen molar-refractivity contribution in [1.82, 2.24) is 10.1 Å². The van der Waals surface area contributed by atoms with Gasteiger partial charge in [0, 0.05) is 10.6 Å². The van der Waals surface area contributed by atoms with Crippen molar-refractivity contribution in [1.29, 1.82) is 5.26 Å². The van der Waals surface area contributed by atoms with Crippen LogP contribution in [0, 0.1) is 11.3 Å². The molecule has 5 heteroatoms. The third-order valence-electron chi connectivity index (χ3n) is 1.78. The van der Waals surface area contributed by atoms with E-state index in [4.69, 9.17) is 21.4 Å². The van der Waals surface area contributed by atoms with Crippen LogP contribution in [0.4, 0.5) is 0 Å². The lowest BCUT2D eigenvalue weighted by molar-refractivity contribution is 0.388. The van der Waals surface area contributed by atoms with Crippen LogP contribution in [0.3, 0.4) is 0 Å². The van der Waals surface area contributed by atoms with Crippen molar-refractivity contribution in [3.63, 3.8) is 0 Å². The maximum absolute atomic E-state index is 8.44. The lowest BCUT2D eigenvalue weighted by atomic mass is 10.2. The predicted octanol–water partition coefficient (Wildman–Crippen LogP) is 2.46. The van der Waals surface area contributed by atoms with E-state index in [0.29, 0.717) is 16.7 Å². The molecule has 0 N–H and O–H groups in total. The van der Waals surface area contributed by atoms with Crippen molar-refractivity contribution in [2.45, 2.75) is 6.42 Å². The van der Waals surface area contributed by atoms with Gasteiger partial charge >= 0.3 is 0 Å². The van der Waals surface area contributed by atoms with E-state index >= 15 is 0 Å². The highest BCUT2D eigenvalue weighted by atomic mass is 35.5. The minimum Gasteiger partial charge on any atom is -0.338 e. The standard InChI is InChI=1S/C10H6ClN3O/c11-8-3-1-2-7(6-8)10-13-9(4-5-12)15-14-10/h1-3,6H,4H2. The Hall–Kier alpha value is -1.86. The van der Waals surface area contributed by atoms with Crippen molar-refractivity contribution in [3.05, 3.63) is 35.2 Å². The average molecular weight is 220 g/mol. The molecule has 74 valence electrons. The summed E-state index contributed by atoms with van der Waals surface area (Å²) in [4.78, 5) is 4.05. The summed E-state index contributed by atoms with van der Waals surface area (Å²) in [5, 5.41) is 12.8. The normalized spacial score (nSPS) is 9.87. The number of rotatable bonds is 2. The number of hydrogen-bond acceptors (Lipinski definition) is 4. The van der Waals surface area contributed by atoms with Crippen molar-refractivity contribution in [2.24, 2.45) is 0 Å². The van der Waals surface area contributed by atoms with Gasteiger partial charge in [-0.15, -0.1) is 0 Å². The van der Waals surface area contributed by atoms with Gasteiger partial charge in [0.1, 0.15) is 6.42 Å². The number of hydrogen-bond donors (Lipinski definition) is 0. The highest BCUT2D eigenvalue weighted by Gasteiger charge is 2.07. The molecule has 0 bridgehead atoms. The summed E-state index contributed by atoms with van der Waals surface area (Å²) in [6, 6.07) is 9.07. The van der Waals surface area contributed by atoms with Gasteiger partial charge in [0.05, 0.1) is 6.07 Å². The first-order chi connectivity index (χ1) is 7.29. The lowest BCUT2D eigenvalue weighted by Gasteiger charge is -1.93. The van der Waals surface area contributed by atoms with E-state index in [9.17, 15) is 0 Å². The topological polar surface area (TPSA) is 62.7 Å². The summed E-state index contributed by atoms with van der Waals surface area (Å²) in [6.45, 7) is 0. The van der Waals surface area contributed by atoms with Crippen LogP contribution in [0.25, 0.3) is 11.4 Å². The van der Waals surface area contributed by atoms with Gasteiger partial charge in [-0.3, -0.25) is 0 Å². The molecule has 0 saturated carbocycles. The molecule has 0 radical (unpaired) electrons. The first-order valence-electron chi connectivity index (χ1n) is 4.25. The molecule has 0 aliphatic rings. The minimum absolute atomic E-state index is 0.119. The fraction of sp³-hybridized carbons (Fsp3) is 0.100. The zero-order chi connectivity index (χ0) is 10.7. The SMILES string of the molecule is N#CCc1nc(-c2cccc(Cl)c2)no1. The first-order valence-corrected chi connectivity index (χ1v) is 4.63. The van der Waals surface area contributed by atoms with Crippen LogP contribution >= 0.6 is 11.6 Å². The highest BCUT2D eigenvalue weighted by Crippen LogP contribution is 2.19. The zero-order valence-corrected chi connectivity index (χ0v) is 8.40. The summed E-state index contributed by atoms with van der Waals surface area (Å²) in [5.74, 6) is 0.759. The van der Waals surface area contributed by atoms with E-state index in [1.807, 2.05) is 12.1 Å². The molecule has 0 amide bonds. The van der Waals surface area contributed by atoms with Crippen molar-refractivity contribution in [2.75, 3.05) is 0 Å². The van der Waals surface area contributed by atoms with Gasteiger partial charge in [-0.05, 0) is 12.1 Å². The van der Waals surface area contributed by atoms with E-state index < -0.39 is 0 Å². The Labute approximate surface area is 91.1 Å². The van der Waals surface area contributed by atoms with Crippen molar-refractivity contribution in [3.8, 4) is 17.5 Å². The molecule has 0 aliphatic heterocycles. The molecule has 0 aliphatic carbocycles. The molecule has 0 spiro atoms. The van der Waals surface area contributed by atoms with Gasteiger partial charge < -0.3 is 4.52 Å². The Balaban J connectivity index is 2.34. The van der Waals surface area contributed by atoms with Crippen LogP contribution in [0.2, 0.25) is 5.02 Å². The van der Waals surface area contributed by atoms with Crippen LogP contribution in [0.15, 0.2) is 28.8 Å². The molecular weight excluding hydrogens is 214 g/mol. The summed E-state index contributed by atoms with van der Waals surface area (Å²) < 4.78 is 4.87. The van der Waals surface area contributed by atoms with Gasteiger partial charge in [-0.25, -0.2) is 0 Å². The van der Waals surface area contributed by atoms with Crippen LogP contribution in [-0.2, 0) is 6.42 Å². The maximum atomic E-state index is 8.44. The first kappa shape index (κ1) is 9.69. The molecule has 0 fully saturated rings. The number of nitrogens with zero attached hydrogens (tertiary/aromatic N) is 3. The van der Waals surface area contributed by atoms with Gasteiger partial charge in [0.2, 0.25) is 11.7 Å². The van der Waals surface area contributed by atoms with E-state index in [0.717, 1.165) is 5.56 Å². The minimum atomic E-state index is 0.119. The van der Waals surface area contributed by atoms with E-state index in [1.165, 1.54) is 0 Å². The number of nitriles is 1. The van der Waals surface area contributed by atoms with Gasteiger partial charge in [-0.2, -0.15) is 10.2 Å². The fourth-order valence-electron chi connectivity index (χ4n) is 1.14. The van der Waals surface area contributed by atoms with Gasteiger partial charge in [0.25, 0.3) is 0 Å². The van der Waals surface area contributed by atoms with E-state index in [-0.39, 0.29) is 6.42 Å². The maximum Gasteiger partial charge on any atom is 0.241 e. The molecule has 4 nitrogen and oxygen atoms in total. The summed E-state index contributed by atoms with van der Waals surface area (Å²) in [5.41, 5.74) is 0.774. The van der Waals surface area contributed by atoms with Crippen LogP contribution in [0.1, 0.15) is 5.89 Å². The number of halogens is 1. The summed E-state index contributed by atoms with van der Waals surface area (Å²) >= 11 is 5.82. The van der Waals surface area contributed by atoms with Crippen LogP contribution < -0.4 is 0 Å². The third kappa shape index (κ3) is 2.14. The van der Waals surface area contributed by atoms with Gasteiger partial charge in [0.15, 0.2) is 0 Å². The molecule has 0 saturated heterocycles. The molecule has 2 aromatic rings. The van der Waals surface area contributed by atoms with Crippen molar-refractivity contribution >= 4 is 11.6 Å². The fourth-order valence-corrected chi connectivity index (χ4v) is 1.33. The Morgan fingerprint density at radius 3 is 3.07 bits per heavy atom. The second-order valence-electron chi connectivity index (χ2n) is 2.86. The second kappa shape index (κ2) is 4.11. The number of benzene rings is 1.